The van der Waals surface area contributed by atoms with E-state index in [1.54, 1.807) is 19.1 Å². The predicted molar refractivity (Wildman–Crippen MR) is 116 cm³/mol. The van der Waals surface area contributed by atoms with E-state index in [0.29, 0.717) is 0 Å². The van der Waals surface area contributed by atoms with E-state index in [1.807, 2.05) is 43.3 Å². The van der Waals surface area contributed by atoms with Crippen molar-refractivity contribution < 1.29 is 14.3 Å². The lowest BCUT2D eigenvalue weighted by atomic mass is 10.2. The highest BCUT2D eigenvalue weighted by molar-refractivity contribution is 7.73. The lowest BCUT2D eigenvalue weighted by Crippen LogP contribution is -2.44. The van der Waals surface area contributed by atoms with E-state index in [4.69, 9.17) is 9.47 Å². The van der Waals surface area contributed by atoms with Gasteiger partial charge in [0.25, 0.3) is 0 Å². The van der Waals surface area contributed by atoms with Gasteiger partial charge >= 0.3 is 6.03 Å². The Hall–Kier alpha value is -2.26. The number of hydrogen-bond donors (Lipinski definition) is 0. The number of carbonyl (C=O) groups is 1. The monoisotopic (exact) mass is 400 g/mol. The van der Waals surface area contributed by atoms with Crippen LogP contribution in [0.5, 0.6) is 11.5 Å². The molecule has 3 rings (SSSR count). The summed E-state index contributed by atoms with van der Waals surface area (Å²) in [6.45, 7) is 0.843. The SMILES string of the molecule is COc1ccc(P(C[C@@H]2CCCN2C(=O)N(C)C)c2ccc(OC)cc2)cc1. The number of amides is 2. The van der Waals surface area contributed by atoms with Crippen LogP contribution in [0, 0.1) is 0 Å². The molecule has 150 valence electrons. The summed E-state index contributed by atoms with van der Waals surface area (Å²) in [5, 5.41) is 2.59. The van der Waals surface area contributed by atoms with E-state index in [0.717, 1.165) is 37.0 Å². The number of hydrogen-bond acceptors (Lipinski definition) is 3. The zero-order valence-corrected chi connectivity index (χ0v) is 18.0. The number of nitrogens with zero attached hydrogens (tertiary/aromatic N) is 2. The second-order valence-corrected chi connectivity index (χ2v) is 9.43. The minimum Gasteiger partial charge on any atom is -0.497 e. The summed E-state index contributed by atoms with van der Waals surface area (Å²) in [4.78, 5) is 16.3. The van der Waals surface area contributed by atoms with Crippen molar-refractivity contribution >= 4 is 24.6 Å². The number of ether oxygens (including phenoxy) is 2. The van der Waals surface area contributed by atoms with Gasteiger partial charge in [0.05, 0.1) is 14.2 Å². The summed E-state index contributed by atoms with van der Waals surface area (Å²) in [7, 11) is 6.43. The summed E-state index contributed by atoms with van der Waals surface area (Å²) < 4.78 is 10.7. The van der Waals surface area contributed by atoms with Crippen LogP contribution in [0.1, 0.15) is 12.8 Å². The third kappa shape index (κ3) is 4.59. The largest absolute Gasteiger partial charge is 0.497 e. The van der Waals surface area contributed by atoms with Gasteiger partial charge < -0.3 is 19.3 Å². The molecule has 0 aliphatic carbocycles. The van der Waals surface area contributed by atoms with E-state index >= 15 is 0 Å². The van der Waals surface area contributed by atoms with Gasteiger partial charge in [-0.05, 0) is 61.8 Å². The molecular weight excluding hydrogens is 371 g/mol. The zero-order valence-electron chi connectivity index (χ0n) is 17.1. The highest BCUT2D eigenvalue weighted by Gasteiger charge is 2.32. The maximum Gasteiger partial charge on any atom is 0.319 e. The average Bonchev–Trinajstić information content (AvgIpc) is 3.19. The Morgan fingerprint density at radius 3 is 1.93 bits per heavy atom. The molecule has 1 aliphatic heterocycles. The molecular formula is C22H29N2O3P. The highest BCUT2D eigenvalue weighted by Crippen LogP contribution is 2.38. The zero-order chi connectivity index (χ0) is 20.1. The van der Waals surface area contributed by atoms with Crippen LogP contribution in [0.3, 0.4) is 0 Å². The summed E-state index contributed by atoms with van der Waals surface area (Å²) in [6.07, 6.45) is 3.09. The van der Waals surface area contributed by atoms with E-state index in [1.165, 1.54) is 10.6 Å². The van der Waals surface area contributed by atoms with Crippen molar-refractivity contribution in [2.75, 3.05) is 41.0 Å². The molecule has 0 spiro atoms. The van der Waals surface area contributed by atoms with Gasteiger partial charge in [-0.1, -0.05) is 24.3 Å². The molecule has 1 atom stereocenters. The van der Waals surface area contributed by atoms with E-state index < -0.39 is 7.92 Å². The van der Waals surface area contributed by atoms with Crippen molar-refractivity contribution in [3.8, 4) is 11.5 Å². The van der Waals surface area contributed by atoms with Gasteiger partial charge in [0.2, 0.25) is 0 Å². The molecule has 28 heavy (non-hydrogen) atoms. The molecule has 2 amide bonds. The van der Waals surface area contributed by atoms with E-state index in [2.05, 4.69) is 24.3 Å². The second kappa shape index (κ2) is 9.29. The molecule has 1 saturated heterocycles. The Bertz CT molecular complexity index is 730. The molecule has 1 heterocycles. The fourth-order valence-corrected chi connectivity index (χ4v) is 6.17. The fraction of sp³-hybridized carbons (Fsp3) is 0.409. The van der Waals surface area contributed by atoms with Crippen LogP contribution >= 0.6 is 7.92 Å². The normalized spacial score (nSPS) is 16.3. The Balaban J connectivity index is 1.89. The first-order chi connectivity index (χ1) is 13.5. The van der Waals surface area contributed by atoms with Gasteiger partial charge in [0, 0.05) is 26.7 Å². The smallest absolute Gasteiger partial charge is 0.319 e. The summed E-state index contributed by atoms with van der Waals surface area (Å²) in [5.74, 6) is 1.72. The van der Waals surface area contributed by atoms with Crippen molar-refractivity contribution in [3.05, 3.63) is 48.5 Å². The molecule has 0 saturated carbocycles. The molecule has 0 N–H and O–H groups in total. The van der Waals surface area contributed by atoms with Crippen molar-refractivity contribution in [2.24, 2.45) is 0 Å². The topological polar surface area (TPSA) is 42.0 Å². The molecule has 0 unspecified atom stereocenters. The lowest BCUT2D eigenvalue weighted by molar-refractivity contribution is 0.170. The maximum absolute atomic E-state index is 12.6. The van der Waals surface area contributed by atoms with Crippen LogP contribution in [0.15, 0.2) is 48.5 Å². The van der Waals surface area contributed by atoms with Crippen LogP contribution in [-0.4, -0.2) is 62.9 Å². The van der Waals surface area contributed by atoms with Crippen LogP contribution in [-0.2, 0) is 0 Å². The predicted octanol–water partition coefficient (Wildman–Crippen LogP) is 3.28. The Kier molecular flexibility index (Phi) is 6.79. The third-order valence-electron chi connectivity index (χ3n) is 5.17. The lowest BCUT2D eigenvalue weighted by Gasteiger charge is -2.31. The van der Waals surface area contributed by atoms with Gasteiger partial charge in [-0.3, -0.25) is 0 Å². The molecule has 0 bridgehead atoms. The van der Waals surface area contributed by atoms with Gasteiger partial charge in [0.15, 0.2) is 0 Å². The van der Waals surface area contributed by atoms with Crippen LogP contribution in [0.25, 0.3) is 0 Å². The number of methoxy groups -OCH3 is 2. The minimum absolute atomic E-state index is 0.113. The first kappa shape index (κ1) is 20.5. The molecule has 0 radical (unpaired) electrons. The Morgan fingerprint density at radius 1 is 1.00 bits per heavy atom. The first-order valence-electron chi connectivity index (χ1n) is 9.57. The molecule has 0 aromatic heterocycles. The molecule has 2 aromatic carbocycles. The summed E-state index contributed by atoms with van der Waals surface area (Å²) in [5.41, 5.74) is 0. The van der Waals surface area contributed by atoms with Gasteiger partial charge in [0.1, 0.15) is 11.5 Å². The van der Waals surface area contributed by atoms with Crippen molar-refractivity contribution in [2.45, 2.75) is 18.9 Å². The van der Waals surface area contributed by atoms with Crippen molar-refractivity contribution in [3.63, 3.8) is 0 Å². The third-order valence-corrected chi connectivity index (χ3v) is 7.80. The standard InChI is InChI=1S/C22H29N2O3P/c1-23(2)22(25)24-15-5-6-17(24)16-28(20-11-7-18(26-3)8-12-20)21-13-9-19(27-4)10-14-21/h7-14,17H,5-6,15-16H2,1-4H3/t17-/m0/s1. The highest BCUT2D eigenvalue weighted by atomic mass is 31.1. The quantitative estimate of drug-likeness (QED) is 0.699. The minimum atomic E-state index is -0.591. The summed E-state index contributed by atoms with van der Waals surface area (Å²) in [6, 6.07) is 17.1. The van der Waals surface area contributed by atoms with Crippen molar-refractivity contribution in [1.82, 2.24) is 9.80 Å². The number of benzene rings is 2. The molecule has 1 aliphatic rings. The molecule has 6 heteroatoms. The van der Waals surface area contributed by atoms with Crippen LogP contribution in [0.4, 0.5) is 4.79 Å². The van der Waals surface area contributed by atoms with E-state index in [-0.39, 0.29) is 12.1 Å². The number of rotatable bonds is 6. The summed E-state index contributed by atoms with van der Waals surface area (Å²) >= 11 is 0. The Morgan fingerprint density at radius 2 is 1.50 bits per heavy atom. The fourth-order valence-electron chi connectivity index (χ4n) is 3.63. The maximum atomic E-state index is 12.6. The van der Waals surface area contributed by atoms with Gasteiger partial charge in [-0.15, -0.1) is 0 Å². The first-order valence-corrected chi connectivity index (χ1v) is 11.1. The van der Waals surface area contributed by atoms with Crippen molar-refractivity contribution in [1.29, 1.82) is 0 Å². The van der Waals surface area contributed by atoms with Gasteiger partial charge in [-0.25, -0.2) is 4.79 Å². The number of carbonyl (C=O) groups excluding carboxylic acids is 1. The average molecular weight is 400 g/mol. The second-order valence-electron chi connectivity index (χ2n) is 7.17. The molecule has 5 nitrogen and oxygen atoms in total. The number of likely N-dealkylation sites (tertiary alicyclic amines) is 1. The van der Waals surface area contributed by atoms with E-state index in [9.17, 15) is 4.79 Å². The molecule has 1 fully saturated rings. The Labute approximate surface area is 169 Å². The van der Waals surface area contributed by atoms with Crippen LogP contribution < -0.4 is 20.1 Å². The molecule has 2 aromatic rings. The van der Waals surface area contributed by atoms with Gasteiger partial charge in [-0.2, -0.15) is 0 Å². The number of urea groups is 1. The van der Waals surface area contributed by atoms with Crippen LogP contribution in [0.2, 0.25) is 0 Å².